The van der Waals surface area contributed by atoms with Crippen LogP contribution in [0.4, 0.5) is 0 Å². The van der Waals surface area contributed by atoms with Crippen molar-refractivity contribution in [1.82, 2.24) is 4.90 Å². The number of carbonyl (C=O) groups is 1. The van der Waals surface area contributed by atoms with E-state index in [2.05, 4.69) is 18.7 Å². The molecule has 0 amide bonds. The SMILES string of the molecule is CCCCCN(CCCC)CCC(=O)O. The highest BCUT2D eigenvalue weighted by molar-refractivity contribution is 5.66. The molecule has 0 unspecified atom stereocenters. The summed E-state index contributed by atoms with van der Waals surface area (Å²) in [5, 5.41) is 8.63. The van der Waals surface area contributed by atoms with E-state index in [1.54, 1.807) is 0 Å². The molecule has 0 atom stereocenters. The van der Waals surface area contributed by atoms with E-state index >= 15 is 0 Å². The van der Waals surface area contributed by atoms with Crippen LogP contribution in [0.5, 0.6) is 0 Å². The average molecular weight is 215 g/mol. The summed E-state index contributed by atoms with van der Waals surface area (Å²) in [7, 11) is 0. The fourth-order valence-corrected chi connectivity index (χ4v) is 1.56. The zero-order valence-electron chi connectivity index (χ0n) is 10.2. The van der Waals surface area contributed by atoms with E-state index < -0.39 is 5.97 Å². The van der Waals surface area contributed by atoms with Gasteiger partial charge in [0.15, 0.2) is 0 Å². The summed E-state index contributed by atoms with van der Waals surface area (Å²) in [6.07, 6.45) is 6.29. The lowest BCUT2D eigenvalue weighted by atomic mass is 10.2. The van der Waals surface area contributed by atoms with Crippen LogP contribution in [0.25, 0.3) is 0 Å². The number of unbranched alkanes of at least 4 members (excludes halogenated alkanes) is 3. The Hall–Kier alpha value is -0.570. The molecule has 0 bridgehead atoms. The van der Waals surface area contributed by atoms with Crippen molar-refractivity contribution in [3.63, 3.8) is 0 Å². The highest BCUT2D eigenvalue weighted by Crippen LogP contribution is 2.02. The Morgan fingerprint density at radius 2 is 1.60 bits per heavy atom. The van der Waals surface area contributed by atoms with E-state index in [4.69, 9.17) is 5.11 Å². The number of carboxylic acids is 1. The van der Waals surface area contributed by atoms with Crippen LogP contribution in [-0.4, -0.2) is 35.6 Å². The Morgan fingerprint density at radius 1 is 1.00 bits per heavy atom. The van der Waals surface area contributed by atoms with Crippen molar-refractivity contribution in [3.05, 3.63) is 0 Å². The van der Waals surface area contributed by atoms with Gasteiger partial charge in [0.2, 0.25) is 0 Å². The number of carboxylic acid groups (broad SMARTS) is 1. The second-order valence-electron chi connectivity index (χ2n) is 4.05. The number of hydrogen-bond donors (Lipinski definition) is 1. The van der Waals surface area contributed by atoms with Gasteiger partial charge in [-0.3, -0.25) is 4.79 Å². The molecule has 0 saturated carbocycles. The zero-order valence-corrected chi connectivity index (χ0v) is 10.2. The minimum Gasteiger partial charge on any atom is -0.481 e. The van der Waals surface area contributed by atoms with Crippen LogP contribution in [0.2, 0.25) is 0 Å². The molecule has 3 heteroatoms. The van der Waals surface area contributed by atoms with Crippen LogP contribution < -0.4 is 0 Å². The van der Waals surface area contributed by atoms with Gasteiger partial charge in [-0.25, -0.2) is 0 Å². The van der Waals surface area contributed by atoms with Crippen molar-refractivity contribution in [3.8, 4) is 0 Å². The smallest absolute Gasteiger partial charge is 0.304 e. The molecule has 0 rings (SSSR count). The molecule has 0 aromatic heterocycles. The van der Waals surface area contributed by atoms with Crippen molar-refractivity contribution in [2.45, 2.75) is 52.4 Å². The van der Waals surface area contributed by atoms with Crippen LogP contribution in [0.3, 0.4) is 0 Å². The molecule has 0 spiro atoms. The van der Waals surface area contributed by atoms with E-state index in [9.17, 15) is 4.79 Å². The fraction of sp³-hybridized carbons (Fsp3) is 0.917. The zero-order chi connectivity index (χ0) is 11.5. The standard InChI is InChI=1S/C12H25NO2/c1-3-5-7-10-13(9-6-4-2)11-8-12(14)15/h3-11H2,1-2H3,(H,14,15). The Morgan fingerprint density at radius 3 is 2.13 bits per heavy atom. The lowest BCUT2D eigenvalue weighted by molar-refractivity contribution is -0.137. The van der Waals surface area contributed by atoms with E-state index in [-0.39, 0.29) is 6.42 Å². The summed E-state index contributed by atoms with van der Waals surface area (Å²) in [5.74, 6) is -0.688. The van der Waals surface area contributed by atoms with Crippen molar-refractivity contribution in [2.24, 2.45) is 0 Å². The quantitative estimate of drug-likeness (QED) is 0.570. The lowest BCUT2D eigenvalue weighted by Gasteiger charge is -2.20. The topological polar surface area (TPSA) is 40.5 Å². The van der Waals surface area contributed by atoms with Gasteiger partial charge in [-0.2, -0.15) is 0 Å². The third kappa shape index (κ3) is 9.73. The number of aliphatic carboxylic acids is 1. The first kappa shape index (κ1) is 14.4. The third-order valence-electron chi connectivity index (χ3n) is 2.55. The van der Waals surface area contributed by atoms with Gasteiger partial charge in [-0.1, -0.05) is 33.1 Å². The van der Waals surface area contributed by atoms with Gasteiger partial charge in [0, 0.05) is 6.54 Å². The number of nitrogens with zero attached hydrogens (tertiary/aromatic N) is 1. The second kappa shape index (κ2) is 9.97. The summed E-state index contributed by atoms with van der Waals surface area (Å²) in [5.41, 5.74) is 0. The second-order valence-corrected chi connectivity index (χ2v) is 4.05. The van der Waals surface area contributed by atoms with Crippen LogP contribution in [0.15, 0.2) is 0 Å². The van der Waals surface area contributed by atoms with Gasteiger partial charge in [0.25, 0.3) is 0 Å². The molecule has 0 aliphatic rings. The Balaban J connectivity index is 3.67. The molecule has 0 heterocycles. The van der Waals surface area contributed by atoms with Crippen LogP contribution in [0, 0.1) is 0 Å². The van der Waals surface area contributed by atoms with E-state index in [1.807, 2.05) is 0 Å². The molecule has 0 radical (unpaired) electrons. The Bertz CT molecular complexity index is 160. The molecular weight excluding hydrogens is 190 g/mol. The Labute approximate surface area is 93.5 Å². The van der Waals surface area contributed by atoms with Crippen LogP contribution in [-0.2, 0) is 4.79 Å². The highest BCUT2D eigenvalue weighted by Gasteiger charge is 2.06. The van der Waals surface area contributed by atoms with Gasteiger partial charge < -0.3 is 10.0 Å². The van der Waals surface area contributed by atoms with Crippen molar-refractivity contribution in [1.29, 1.82) is 0 Å². The first-order chi connectivity index (χ1) is 7.20. The number of hydrogen-bond acceptors (Lipinski definition) is 2. The molecule has 0 aromatic carbocycles. The molecule has 0 aliphatic carbocycles. The van der Waals surface area contributed by atoms with Gasteiger partial charge in [-0.15, -0.1) is 0 Å². The molecule has 0 fully saturated rings. The van der Waals surface area contributed by atoms with Gasteiger partial charge in [0.1, 0.15) is 0 Å². The maximum absolute atomic E-state index is 10.5. The molecule has 1 N–H and O–H groups in total. The first-order valence-electron chi connectivity index (χ1n) is 6.14. The van der Waals surface area contributed by atoms with Crippen LogP contribution in [0.1, 0.15) is 52.4 Å². The summed E-state index contributed by atoms with van der Waals surface area (Å²) >= 11 is 0. The van der Waals surface area contributed by atoms with Crippen molar-refractivity contribution < 1.29 is 9.90 Å². The molecule has 0 aliphatic heterocycles. The molecule has 15 heavy (non-hydrogen) atoms. The monoisotopic (exact) mass is 215 g/mol. The van der Waals surface area contributed by atoms with Crippen LogP contribution >= 0.6 is 0 Å². The Kier molecular flexibility index (Phi) is 9.59. The van der Waals surface area contributed by atoms with Crippen molar-refractivity contribution in [2.75, 3.05) is 19.6 Å². The summed E-state index contributed by atoms with van der Waals surface area (Å²) < 4.78 is 0. The summed E-state index contributed by atoms with van der Waals surface area (Å²) in [6, 6.07) is 0. The maximum Gasteiger partial charge on any atom is 0.304 e. The lowest BCUT2D eigenvalue weighted by Crippen LogP contribution is -2.28. The van der Waals surface area contributed by atoms with E-state index in [1.165, 1.54) is 32.1 Å². The summed E-state index contributed by atoms with van der Waals surface area (Å²) in [4.78, 5) is 12.8. The average Bonchev–Trinajstić information content (AvgIpc) is 2.21. The normalized spacial score (nSPS) is 10.9. The van der Waals surface area contributed by atoms with E-state index in [0.717, 1.165) is 13.1 Å². The van der Waals surface area contributed by atoms with Gasteiger partial charge in [-0.05, 0) is 25.9 Å². The minimum absolute atomic E-state index is 0.274. The number of rotatable bonds is 10. The first-order valence-corrected chi connectivity index (χ1v) is 6.14. The molecule has 90 valence electrons. The predicted molar refractivity (Wildman–Crippen MR) is 63.1 cm³/mol. The van der Waals surface area contributed by atoms with Gasteiger partial charge in [0.05, 0.1) is 6.42 Å². The summed E-state index contributed by atoms with van der Waals surface area (Å²) in [6.45, 7) is 7.17. The minimum atomic E-state index is -0.688. The third-order valence-corrected chi connectivity index (χ3v) is 2.55. The molecule has 3 nitrogen and oxygen atoms in total. The predicted octanol–water partition coefficient (Wildman–Crippen LogP) is 2.75. The highest BCUT2D eigenvalue weighted by atomic mass is 16.4. The van der Waals surface area contributed by atoms with Gasteiger partial charge >= 0.3 is 5.97 Å². The largest absolute Gasteiger partial charge is 0.481 e. The fourth-order valence-electron chi connectivity index (χ4n) is 1.56. The van der Waals surface area contributed by atoms with Crippen molar-refractivity contribution >= 4 is 5.97 Å². The van der Waals surface area contributed by atoms with E-state index in [0.29, 0.717) is 6.54 Å². The molecular formula is C12H25NO2. The maximum atomic E-state index is 10.5. The molecule has 0 saturated heterocycles. The molecule has 0 aromatic rings.